The molecule has 0 aliphatic heterocycles. The monoisotopic (exact) mass is 327 g/mol. The molecule has 0 saturated heterocycles. The van der Waals surface area contributed by atoms with Crippen molar-refractivity contribution in [3.05, 3.63) is 0 Å². The van der Waals surface area contributed by atoms with Gasteiger partial charge >= 0.3 is 0 Å². The summed E-state index contributed by atoms with van der Waals surface area (Å²) in [6.45, 7) is 14.3. The van der Waals surface area contributed by atoms with Gasteiger partial charge in [0.25, 0.3) is 0 Å². The molecule has 1 atom stereocenters. The molecule has 1 unspecified atom stereocenters. The molecule has 23 heavy (non-hydrogen) atoms. The first-order valence-corrected chi connectivity index (χ1v) is 8.74. The summed E-state index contributed by atoms with van der Waals surface area (Å²) in [5.41, 5.74) is -1.01. The number of carbonyl (C=O) groups excluding carboxylic acids is 2. The standard InChI is InChI=1S/C19H37NO3/c1-17(2,3)13-19(7,14-21)16(23)20-12-10-8-9-11-15(22)18(4,5)6/h21H,8-14H2,1-7H3,(H,20,23). The molecule has 0 saturated carbocycles. The van der Waals surface area contributed by atoms with E-state index in [-0.39, 0.29) is 23.3 Å². The third kappa shape index (κ3) is 9.09. The highest BCUT2D eigenvalue weighted by Gasteiger charge is 2.36. The number of Topliss-reactive ketones (excluding diaryl/α,β-unsaturated/α-hetero) is 1. The molecule has 0 aromatic carbocycles. The fourth-order valence-corrected chi connectivity index (χ4v) is 2.76. The number of amides is 1. The molecule has 0 heterocycles. The predicted octanol–water partition coefficient (Wildman–Crippen LogP) is 3.71. The Kier molecular flexibility index (Phi) is 8.47. The molecule has 4 heteroatoms. The molecule has 2 N–H and O–H groups in total. The van der Waals surface area contributed by atoms with Crippen LogP contribution in [0.2, 0.25) is 0 Å². The van der Waals surface area contributed by atoms with Crippen LogP contribution in [0, 0.1) is 16.2 Å². The van der Waals surface area contributed by atoms with Crippen molar-refractivity contribution in [3.63, 3.8) is 0 Å². The summed E-state index contributed by atoms with van der Waals surface area (Å²) >= 11 is 0. The molecule has 0 fully saturated rings. The molecule has 0 radical (unpaired) electrons. The number of aliphatic hydroxyl groups is 1. The maximum atomic E-state index is 12.3. The quantitative estimate of drug-likeness (QED) is 0.634. The number of hydrogen-bond donors (Lipinski definition) is 2. The van der Waals surface area contributed by atoms with Gasteiger partial charge in [-0.2, -0.15) is 0 Å². The van der Waals surface area contributed by atoms with E-state index >= 15 is 0 Å². The highest BCUT2D eigenvalue weighted by molar-refractivity contribution is 5.83. The van der Waals surface area contributed by atoms with Gasteiger partial charge in [-0.3, -0.25) is 9.59 Å². The first-order chi connectivity index (χ1) is 10.3. The lowest BCUT2D eigenvalue weighted by Gasteiger charge is -2.32. The molecule has 1 amide bonds. The maximum absolute atomic E-state index is 12.3. The Balaban J connectivity index is 4.09. The van der Waals surface area contributed by atoms with Gasteiger partial charge in [-0.25, -0.2) is 0 Å². The van der Waals surface area contributed by atoms with E-state index in [1.165, 1.54) is 0 Å². The van der Waals surface area contributed by atoms with Gasteiger partial charge in [0.1, 0.15) is 5.78 Å². The summed E-state index contributed by atoms with van der Waals surface area (Å²) in [7, 11) is 0. The molecular weight excluding hydrogens is 290 g/mol. The summed E-state index contributed by atoms with van der Waals surface area (Å²) < 4.78 is 0. The zero-order valence-electron chi connectivity index (χ0n) is 16.2. The zero-order chi connectivity index (χ0) is 18.3. The van der Waals surface area contributed by atoms with Gasteiger partial charge in [-0.1, -0.05) is 48.0 Å². The Bertz CT molecular complexity index is 390. The lowest BCUT2D eigenvalue weighted by molar-refractivity contribution is -0.134. The lowest BCUT2D eigenvalue weighted by Crippen LogP contribution is -2.44. The average molecular weight is 328 g/mol. The molecular formula is C19H37NO3. The Labute approximate surface area is 142 Å². The Morgan fingerprint density at radius 3 is 1.91 bits per heavy atom. The summed E-state index contributed by atoms with van der Waals surface area (Å²) in [6, 6.07) is 0. The maximum Gasteiger partial charge on any atom is 0.228 e. The van der Waals surface area contributed by atoms with E-state index in [0.29, 0.717) is 25.2 Å². The zero-order valence-corrected chi connectivity index (χ0v) is 16.2. The van der Waals surface area contributed by atoms with Crippen molar-refractivity contribution in [2.75, 3.05) is 13.2 Å². The van der Waals surface area contributed by atoms with Crippen molar-refractivity contribution in [2.45, 2.75) is 80.6 Å². The van der Waals surface area contributed by atoms with E-state index in [2.05, 4.69) is 26.1 Å². The fourth-order valence-electron chi connectivity index (χ4n) is 2.76. The predicted molar refractivity (Wildman–Crippen MR) is 95.2 cm³/mol. The van der Waals surface area contributed by atoms with Gasteiger partial charge in [0.15, 0.2) is 0 Å². The molecule has 4 nitrogen and oxygen atoms in total. The second-order valence-corrected chi connectivity index (χ2v) is 9.20. The van der Waals surface area contributed by atoms with Gasteiger partial charge in [-0.15, -0.1) is 0 Å². The van der Waals surface area contributed by atoms with Crippen LogP contribution in [0.15, 0.2) is 0 Å². The van der Waals surface area contributed by atoms with Crippen molar-refractivity contribution < 1.29 is 14.7 Å². The molecule has 0 spiro atoms. The van der Waals surface area contributed by atoms with Gasteiger partial charge in [-0.05, 0) is 31.6 Å². The van der Waals surface area contributed by atoms with Crippen LogP contribution >= 0.6 is 0 Å². The highest BCUT2D eigenvalue weighted by Crippen LogP contribution is 2.33. The van der Waals surface area contributed by atoms with Crippen molar-refractivity contribution in [1.29, 1.82) is 0 Å². The number of hydrogen-bond acceptors (Lipinski definition) is 3. The number of rotatable bonds is 9. The highest BCUT2D eigenvalue weighted by atomic mass is 16.3. The van der Waals surface area contributed by atoms with Crippen LogP contribution < -0.4 is 5.32 Å². The largest absolute Gasteiger partial charge is 0.395 e. The Hall–Kier alpha value is -0.900. The molecule has 0 bridgehead atoms. The van der Waals surface area contributed by atoms with Crippen LogP contribution in [0.25, 0.3) is 0 Å². The van der Waals surface area contributed by atoms with Crippen molar-refractivity contribution in [3.8, 4) is 0 Å². The van der Waals surface area contributed by atoms with E-state index in [0.717, 1.165) is 19.3 Å². The third-order valence-corrected chi connectivity index (χ3v) is 4.02. The average Bonchev–Trinajstić information content (AvgIpc) is 2.38. The minimum Gasteiger partial charge on any atom is -0.395 e. The van der Waals surface area contributed by atoms with E-state index in [1.54, 1.807) is 0 Å². The number of aliphatic hydroxyl groups excluding tert-OH is 1. The van der Waals surface area contributed by atoms with Gasteiger partial charge in [0.05, 0.1) is 12.0 Å². The van der Waals surface area contributed by atoms with E-state index < -0.39 is 5.41 Å². The minimum atomic E-state index is -0.736. The van der Waals surface area contributed by atoms with Crippen LogP contribution in [-0.2, 0) is 9.59 Å². The molecule has 0 aliphatic carbocycles. The fraction of sp³-hybridized carbons (Fsp3) is 0.895. The first-order valence-electron chi connectivity index (χ1n) is 8.74. The summed E-state index contributed by atoms with van der Waals surface area (Å²) in [5.74, 6) is 0.209. The van der Waals surface area contributed by atoms with E-state index in [1.807, 2.05) is 27.7 Å². The number of unbranched alkanes of at least 4 members (excludes halogenated alkanes) is 2. The van der Waals surface area contributed by atoms with Gasteiger partial charge in [0, 0.05) is 18.4 Å². The molecule has 0 aromatic heterocycles. The smallest absolute Gasteiger partial charge is 0.228 e. The molecule has 0 rings (SSSR count). The van der Waals surface area contributed by atoms with Crippen LogP contribution in [0.5, 0.6) is 0 Å². The second kappa shape index (κ2) is 8.81. The number of ketones is 1. The normalized spacial score (nSPS) is 15.1. The van der Waals surface area contributed by atoms with Crippen LogP contribution in [0.1, 0.15) is 80.6 Å². The van der Waals surface area contributed by atoms with E-state index in [4.69, 9.17) is 0 Å². The first kappa shape index (κ1) is 22.1. The van der Waals surface area contributed by atoms with Crippen LogP contribution in [0.3, 0.4) is 0 Å². The van der Waals surface area contributed by atoms with Crippen molar-refractivity contribution in [2.24, 2.45) is 16.2 Å². The van der Waals surface area contributed by atoms with E-state index in [9.17, 15) is 14.7 Å². The topological polar surface area (TPSA) is 66.4 Å². The summed E-state index contributed by atoms with van der Waals surface area (Å²) in [6.07, 6.45) is 3.90. The number of carbonyl (C=O) groups is 2. The number of nitrogens with one attached hydrogen (secondary N) is 1. The van der Waals surface area contributed by atoms with Crippen molar-refractivity contribution >= 4 is 11.7 Å². The Morgan fingerprint density at radius 2 is 1.48 bits per heavy atom. The van der Waals surface area contributed by atoms with Gasteiger partial charge in [0.2, 0.25) is 5.91 Å². The Morgan fingerprint density at radius 1 is 0.913 bits per heavy atom. The molecule has 136 valence electrons. The van der Waals surface area contributed by atoms with Crippen LogP contribution in [-0.4, -0.2) is 29.9 Å². The van der Waals surface area contributed by atoms with Crippen LogP contribution in [0.4, 0.5) is 0 Å². The molecule has 0 aliphatic rings. The summed E-state index contributed by atoms with van der Waals surface area (Å²) in [5, 5.41) is 12.5. The minimum absolute atomic E-state index is 0.0118. The summed E-state index contributed by atoms with van der Waals surface area (Å²) in [4.78, 5) is 24.1. The van der Waals surface area contributed by atoms with Gasteiger partial charge < -0.3 is 10.4 Å². The van der Waals surface area contributed by atoms with Crippen molar-refractivity contribution in [1.82, 2.24) is 5.32 Å². The lowest BCUT2D eigenvalue weighted by atomic mass is 9.75. The second-order valence-electron chi connectivity index (χ2n) is 9.20. The SMILES string of the molecule is CC(C)(C)CC(C)(CO)C(=O)NCCCCCC(=O)C(C)(C)C. The molecule has 0 aromatic rings. The third-order valence-electron chi connectivity index (χ3n) is 4.02.